The maximum Gasteiger partial charge on any atom is 0.333 e. The Kier molecular flexibility index (Phi) is 8.93. The predicted octanol–water partition coefficient (Wildman–Crippen LogP) is 1.74. The van der Waals surface area contributed by atoms with Gasteiger partial charge < -0.3 is 34.6 Å². The van der Waals surface area contributed by atoms with Crippen LogP contribution in [-0.4, -0.2) is 82.7 Å². The second kappa shape index (κ2) is 11.1. The number of hydrogen-bond acceptors (Lipinski definition) is 9. The Morgan fingerprint density at radius 2 is 1.83 bits per heavy atom. The molecular formula is C27H44O9. The highest BCUT2D eigenvalue weighted by Crippen LogP contribution is 2.69. The average Bonchev–Trinajstić information content (AvgIpc) is 3.61. The van der Waals surface area contributed by atoms with Crippen LogP contribution < -0.4 is 0 Å². The Morgan fingerprint density at radius 3 is 2.33 bits per heavy atom. The van der Waals surface area contributed by atoms with E-state index in [1.54, 1.807) is 19.9 Å². The van der Waals surface area contributed by atoms with Gasteiger partial charge in [0, 0.05) is 38.0 Å². The molecule has 0 unspecified atom stereocenters. The Bertz CT molecular complexity index is 837. The summed E-state index contributed by atoms with van der Waals surface area (Å²) in [6.07, 6.45) is 1.51. The van der Waals surface area contributed by atoms with Crippen LogP contribution in [0.3, 0.4) is 0 Å². The molecule has 0 aromatic heterocycles. The number of epoxide rings is 1. The van der Waals surface area contributed by atoms with E-state index < -0.39 is 46.7 Å². The van der Waals surface area contributed by atoms with Crippen molar-refractivity contribution in [1.82, 2.24) is 0 Å². The monoisotopic (exact) mass is 512 g/mol. The topological polar surface area (TPSA) is 146 Å². The molecule has 1 heterocycles. The SMILES string of the molecule is C/C=C(\C)C(=O)O[C@H]1[C@H](OC(C)=O)[C@@H](C)[C@](C)(CC[C@H](CO)CCO)[C@H]2C[C@@H](O)C[C@]3(CO3)[C@@]21CO. The number of carbonyl (C=O) groups excluding carboxylic acids is 2. The van der Waals surface area contributed by atoms with Crippen molar-refractivity contribution < 1.29 is 44.2 Å². The van der Waals surface area contributed by atoms with E-state index in [4.69, 9.17) is 14.2 Å². The molecule has 4 N–H and O–H groups in total. The van der Waals surface area contributed by atoms with E-state index in [1.807, 2.05) is 6.92 Å². The zero-order chi connectivity index (χ0) is 26.9. The van der Waals surface area contributed by atoms with Crippen LogP contribution in [0.5, 0.6) is 0 Å². The normalized spacial score (nSPS) is 40.9. The van der Waals surface area contributed by atoms with E-state index >= 15 is 0 Å². The highest BCUT2D eigenvalue weighted by molar-refractivity contribution is 5.87. The van der Waals surface area contributed by atoms with E-state index in [-0.39, 0.29) is 37.6 Å². The number of aliphatic hydroxyl groups excluding tert-OH is 4. The van der Waals surface area contributed by atoms with Crippen LogP contribution in [0, 0.1) is 28.6 Å². The van der Waals surface area contributed by atoms with Gasteiger partial charge in [0.1, 0.15) is 11.7 Å². The van der Waals surface area contributed by atoms with Crippen molar-refractivity contribution in [2.75, 3.05) is 26.4 Å². The molecule has 206 valence electrons. The highest BCUT2D eigenvalue weighted by Gasteiger charge is 2.78. The number of aliphatic hydroxyl groups is 4. The maximum atomic E-state index is 13.0. The Hall–Kier alpha value is -1.52. The summed E-state index contributed by atoms with van der Waals surface area (Å²) in [4.78, 5) is 25.3. The molecule has 0 amide bonds. The van der Waals surface area contributed by atoms with Gasteiger partial charge in [0.25, 0.3) is 0 Å². The minimum Gasteiger partial charge on any atom is -0.458 e. The lowest BCUT2D eigenvalue weighted by atomic mass is 9.41. The molecule has 2 saturated carbocycles. The summed E-state index contributed by atoms with van der Waals surface area (Å²) in [6, 6.07) is 0. The number of rotatable bonds is 10. The van der Waals surface area contributed by atoms with Gasteiger partial charge in [-0.05, 0) is 56.8 Å². The average molecular weight is 513 g/mol. The van der Waals surface area contributed by atoms with Crippen molar-refractivity contribution in [3.8, 4) is 0 Å². The first-order chi connectivity index (χ1) is 17.0. The predicted molar refractivity (Wildman–Crippen MR) is 131 cm³/mol. The van der Waals surface area contributed by atoms with Gasteiger partial charge in [-0.15, -0.1) is 0 Å². The van der Waals surface area contributed by atoms with Crippen molar-refractivity contribution >= 4 is 11.9 Å². The van der Waals surface area contributed by atoms with Crippen LogP contribution in [0.15, 0.2) is 11.6 Å². The number of allylic oxidation sites excluding steroid dienone is 1. The van der Waals surface area contributed by atoms with Gasteiger partial charge in [-0.3, -0.25) is 4.79 Å². The zero-order valence-corrected chi connectivity index (χ0v) is 22.2. The smallest absolute Gasteiger partial charge is 0.333 e. The lowest BCUT2D eigenvalue weighted by Gasteiger charge is -2.65. The molecule has 1 aliphatic heterocycles. The van der Waals surface area contributed by atoms with Crippen LogP contribution in [0.1, 0.15) is 66.7 Å². The number of carbonyl (C=O) groups is 2. The van der Waals surface area contributed by atoms with E-state index in [1.165, 1.54) is 6.92 Å². The maximum absolute atomic E-state index is 13.0. The summed E-state index contributed by atoms with van der Waals surface area (Å²) >= 11 is 0. The zero-order valence-electron chi connectivity index (χ0n) is 22.2. The summed E-state index contributed by atoms with van der Waals surface area (Å²) in [6.45, 7) is 8.57. The quantitative estimate of drug-likeness (QED) is 0.195. The van der Waals surface area contributed by atoms with Gasteiger partial charge >= 0.3 is 11.9 Å². The Morgan fingerprint density at radius 1 is 1.17 bits per heavy atom. The largest absolute Gasteiger partial charge is 0.458 e. The number of esters is 2. The number of hydrogen-bond donors (Lipinski definition) is 4. The van der Waals surface area contributed by atoms with Gasteiger partial charge in [0.05, 0.1) is 24.7 Å². The number of fused-ring (bicyclic) bond motifs is 2. The van der Waals surface area contributed by atoms with Crippen molar-refractivity contribution in [2.24, 2.45) is 28.6 Å². The second-order valence-electron chi connectivity index (χ2n) is 11.4. The fraction of sp³-hybridized carbons (Fsp3) is 0.852. The highest BCUT2D eigenvalue weighted by atomic mass is 16.6. The molecule has 1 spiro atoms. The standard InChI is InChI=1S/C27H44O9/c1-6-16(2)24(33)36-23-22(35-18(4)31)17(3)25(5,9-7-19(13-29)8-10-28)21-11-20(32)12-26(15-34-26)27(21,23)14-30/h6,17,19-23,28-30,32H,7-15H2,1-5H3/b16-6+/t17-,19+,20-,21-,22-,23+,25+,26+,27+/m1/s1. The molecule has 3 aliphatic rings. The third-order valence-corrected chi connectivity index (χ3v) is 9.61. The summed E-state index contributed by atoms with van der Waals surface area (Å²) in [5, 5.41) is 41.3. The van der Waals surface area contributed by atoms with E-state index in [0.717, 1.165) is 0 Å². The second-order valence-corrected chi connectivity index (χ2v) is 11.4. The molecule has 1 saturated heterocycles. The molecule has 0 bridgehead atoms. The molecule has 3 fully saturated rings. The first kappa shape index (κ1) is 29.0. The summed E-state index contributed by atoms with van der Waals surface area (Å²) in [5.41, 5.74) is -2.16. The molecule has 3 rings (SSSR count). The van der Waals surface area contributed by atoms with Gasteiger partial charge in [0.15, 0.2) is 6.10 Å². The van der Waals surface area contributed by atoms with Crippen LogP contribution in [-0.2, 0) is 23.8 Å². The lowest BCUT2D eigenvalue weighted by Crippen LogP contribution is -2.73. The molecule has 36 heavy (non-hydrogen) atoms. The summed E-state index contributed by atoms with van der Waals surface area (Å²) in [5.74, 6) is -1.79. The van der Waals surface area contributed by atoms with Crippen molar-refractivity contribution in [2.45, 2.75) is 90.6 Å². The van der Waals surface area contributed by atoms with E-state index in [9.17, 15) is 30.0 Å². The van der Waals surface area contributed by atoms with Crippen molar-refractivity contribution in [3.63, 3.8) is 0 Å². The van der Waals surface area contributed by atoms with Crippen LogP contribution >= 0.6 is 0 Å². The number of ether oxygens (including phenoxy) is 3. The molecule has 9 heteroatoms. The van der Waals surface area contributed by atoms with Gasteiger partial charge in [0.2, 0.25) is 0 Å². The first-order valence-electron chi connectivity index (χ1n) is 13.1. The third-order valence-electron chi connectivity index (χ3n) is 9.61. The summed E-state index contributed by atoms with van der Waals surface area (Å²) < 4.78 is 18.0. The Labute approximate surface area is 213 Å². The van der Waals surface area contributed by atoms with Crippen molar-refractivity contribution in [1.29, 1.82) is 0 Å². The van der Waals surface area contributed by atoms with E-state index in [0.29, 0.717) is 44.3 Å². The van der Waals surface area contributed by atoms with Crippen LogP contribution in [0.4, 0.5) is 0 Å². The van der Waals surface area contributed by atoms with Crippen LogP contribution in [0.2, 0.25) is 0 Å². The molecule has 0 aromatic rings. The van der Waals surface area contributed by atoms with Gasteiger partial charge in [-0.1, -0.05) is 19.9 Å². The van der Waals surface area contributed by atoms with Crippen molar-refractivity contribution in [3.05, 3.63) is 11.6 Å². The molecule has 0 aromatic carbocycles. The fourth-order valence-electron chi connectivity index (χ4n) is 7.12. The van der Waals surface area contributed by atoms with E-state index in [2.05, 4.69) is 6.92 Å². The molecule has 9 nitrogen and oxygen atoms in total. The minimum absolute atomic E-state index is 0.0322. The molecule has 0 radical (unpaired) electrons. The third kappa shape index (κ3) is 4.85. The van der Waals surface area contributed by atoms with Gasteiger partial charge in [-0.25, -0.2) is 4.79 Å². The van der Waals surface area contributed by atoms with Crippen LogP contribution in [0.25, 0.3) is 0 Å². The molecule has 9 atom stereocenters. The lowest BCUT2D eigenvalue weighted by molar-refractivity contribution is -0.273. The summed E-state index contributed by atoms with van der Waals surface area (Å²) in [7, 11) is 0. The Balaban J connectivity index is 2.15. The molecule has 2 aliphatic carbocycles. The fourth-order valence-corrected chi connectivity index (χ4v) is 7.12. The first-order valence-corrected chi connectivity index (χ1v) is 13.1. The van der Waals surface area contributed by atoms with Gasteiger partial charge in [-0.2, -0.15) is 0 Å². The minimum atomic E-state index is -1.09. The molecular weight excluding hydrogens is 468 g/mol.